The first-order chi connectivity index (χ1) is 4.37. The predicted molar refractivity (Wildman–Crippen MR) is 47.2 cm³/mol. The van der Waals surface area contributed by atoms with Crippen molar-refractivity contribution in [2.24, 2.45) is 5.41 Å². The molecule has 0 aliphatic rings. The monoisotopic (exact) mass is 143 g/mol. The minimum Gasteiger partial charge on any atom is -0.314 e. The summed E-state index contributed by atoms with van der Waals surface area (Å²) in [5.41, 5.74) is 0.615. The van der Waals surface area contributed by atoms with Crippen molar-refractivity contribution in [3.8, 4) is 0 Å². The first-order valence-corrected chi connectivity index (χ1v) is 4.06. The van der Waals surface area contributed by atoms with Gasteiger partial charge in [0.05, 0.1) is 0 Å². The Morgan fingerprint density at radius 3 is 1.50 bits per heavy atom. The summed E-state index contributed by atoms with van der Waals surface area (Å²) in [6.07, 6.45) is 1.17. The number of rotatable bonds is 2. The average Bonchev–Trinajstić information content (AvgIpc) is 1.84. The van der Waals surface area contributed by atoms with Gasteiger partial charge in [-0.25, -0.2) is 0 Å². The fraction of sp³-hybridized carbons (Fsp3) is 1.00. The highest BCUT2D eigenvalue weighted by Gasteiger charge is 2.33. The summed E-state index contributed by atoms with van der Waals surface area (Å²) < 4.78 is 0. The molecule has 0 saturated heterocycles. The highest BCUT2D eigenvalue weighted by molar-refractivity contribution is 4.91. The van der Waals surface area contributed by atoms with E-state index in [0.717, 1.165) is 0 Å². The van der Waals surface area contributed by atoms with Crippen LogP contribution in [-0.2, 0) is 0 Å². The standard InChI is InChI=1S/C9H21N/c1-7-9(5,10-6)8(2,3)4/h10H,7H2,1-6H3/t9-/m1/s1. The molecule has 1 heteroatoms. The van der Waals surface area contributed by atoms with E-state index >= 15 is 0 Å². The van der Waals surface area contributed by atoms with Crippen LogP contribution in [0.5, 0.6) is 0 Å². The molecule has 0 heterocycles. The minimum absolute atomic E-state index is 0.271. The summed E-state index contributed by atoms with van der Waals surface area (Å²) in [4.78, 5) is 0. The van der Waals surface area contributed by atoms with E-state index in [-0.39, 0.29) is 5.54 Å². The molecule has 1 N–H and O–H groups in total. The molecule has 0 aromatic carbocycles. The molecule has 0 aliphatic carbocycles. The number of hydrogen-bond acceptors (Lipinski definition) is 1. The van der Waals surface area contributed by atoms with Crippen molar-refractivity contribution >= 4 is 0 Å². The third-order valence-electron chi connectivity index (χ3n) is 2.91. The summed E-state index contributed by atoms with van der Waals surface area (Å²) in [6, 6.07) is 0. The highest BCUT2D eigenvalue weighted by atomic mass is 14.9. The number of nitrogens with one attached hydrogen (secondary N) is 1. The van der Waals surface area contributed by atoms with E-state index < -0.39 is 0 Å². The van der Waals surface area contributed by atoms with Gasteiger partial charge in [-0.3, -0.25) is 0 Å². The lowest BCUT2D eigenvalue weighted by Crippen LogP contribution is -2.50. The summed E-state index contributed by atoms with van der Waals surface area (Å²) in [5, 5.41) is 3.37. The molecule has 0 rings (SSSR count). The summed E-state index contributed by atoms with van der Waals surface area (Å²) in [7, 11) is 2.04. The van der Waals surface area contributed by atoms with Crippen LogP contribution in [0.1, 0.15) is 41.0 Å². The molecule has 0 aliphatic heterocycles. The van der Waals surface area contributed by atoms with Crippen molar-refractivity contribution < 1.29 is 0 Å². The lowest BCUT2D eigenvalue weighted by molar-refractivity contribution is 0.161. The summed E-state index contributed by atoms with van der Waals surface area (Å²) in [5.74, 6) is 0. The van der Waals surface area contributed by atoms with Crippen molar-refractivity contribution in [3.63, 3.8) is 0 Å². The van der Waals surface area contributed by atoms with Crippen molar-refractivity contribution in [2.45, 2.75) is 46.6 Å². The molecule has 1 nitrogen and oxygen atoms in total. The van der Waals surface area contributed by atoms with Gasteiger partial charge in [0.15, 0.2) is 0 Å². The molecule has 0 bridgehead atoms. The SMILES string of the molecule is CC[C@@](C)(NC)C(C)(C)C. The highest BCUT2D eigenvalue weighted by Crippen LogP contribution is 2.31. The van der Waals surface area contributed by atoms with Crippen LogP contribution in [0.3, 0.4) is 0 Å². The molecule has 0 unspecified atom stereocenters. The largest absolute Gasteiger partial charge is 0.314 e. The zero-order valence-corrected chi connectivity index (χ0v) is 8.21. The molecule has 0 spiro atoms. The fourth-order valence-electron chi connectivity index (χ4n) is 1.08. The maximum atomic E-state index is 3.37. The van der Waals surface area contributed by atoms with Gasteiger partial charge in [-0.15, -0.1) is 0 Å². The van der Waals surface area contributed by atoms with Gasteiger partial charge in [-0.2, -0.15) is 0 Å². The Morgan fingerprint density at radius 1 is 1.10 bits per heavy atom. The Hall–Kier alpha value is -0.0400. The first-order valence-electron chi connectivity index (χ1n) is 4.06. The van der Waals surface area contributed by atoms with Crippen LogP contribution in [0.25, 0.3) is 0 Å². The normalized spacial score (nSPS) is 18.6. The molecule has 0 fully saturated rings. The van der Waals surface area contributed by atoms with Gasteiger partial charge in [0, 0.05) is 5.54 Å². The lowest BCUT2D eigenvalue weighted by Gasteiger charge is -2.41. The van der Waals surface area contributed by atoms with Crippen molar-refractivity contribution in [1.82, 2.24) is 5.32 Å². The molecule has 0 aromatic rings. The second kappa shape index (κ2) is 2.91. The van der Waals surface area contributed by atoms with Gasteiger partial charge >= 0.3 is 0 Å². The van der Waals surface area contributed by atoms with E-state index in [1.165, 1.54) is 6.42 Å². The van der Waals surface area contributed by atoms with E-state index in [1.807, 2.05) is 7.05 Å². The molecule has 0 saturated carbocycles. The smallest absolute Gasteiger partial charge is 0.0196 e. The maximum absolute atomic E-state index is 3.37. The van der Waals surface area contributed by atoms with Gasteiger partial charge in [0.2, 0.25) is 0 Å². The quantitative estimate of drug-likeness (QED) is 0.626. The van der Waals surface area contributed by atoms with E-state index in [1.54, 1.807) is 0 Å². The molecular weight excluding hydrogens is 122 g/mol. The molecule has 0 aromatic heterocycles. The van der Waals surface area contributed by atoms with E-state index in [2.05, 4.69) is 39.9 Å². The van der Waals surface area contributed by atoms with Crippen molar-refractivity contribution in [1.29, 1.82) is 0 Å². The molecule has 1 atom stereocenters. The van der Waals surface area contributed by atoms with Crippen molar-refractivity contribution in [3.05, 3.63) is 0 Å². The fourth-order valence-corrected chi connectivity index (χ4v) is 1.08. The first kappa shape index (κ1) is 9.96. The topological polar surface area (TPSA) is 12.0 Å². The van der Waals surface area contributed by atoms with Crippen LogP contribution in [0.2, 0.25) is 0 Å². The Labute approximate surface area is 65.2 Å². The van der Waals surface area contributed by atoms with Crippen LogP contribution in [0, 0.1) is 5.41 Å². The second-order valence-electron chi connectivity index (χ2n) is 4.19. The molecular formula is C9H21N. The average molecular weight is 143 g/mol. The second-order valence-corrected chi connectivity index (χ2v) is 4.19. The van der Waals surface area contributed by atoms with Crippen LogP contribution < -0.4 is 5.32 Å². The van der Waals surface area contributed by atoms with E-state index in [0.29, 0.717) is 5.41 Å². The van der Waals surface area contributed by atoms with Gasteiger partial charge in [-0.1, -0.05) is 27.7 Å². The van der Waals surface area contributed by atoms with Gasteiger partial charge in [0.25, 0.3) is 0 Å². The number of hydrogen-bond donors (Lipinski definition) is 1. The molecule has 10 heavy (non-hydrogen) atoms. The molecule has 0 radical (unpaired) electrons. The zero-order valence-electron chi connectivity index (χ0n) is 8.21. The zero-order chi connectivity index (χ0) is 8.41. The third kappa shape index (κ3) is 1.72. The van der Waals surface area contributed by atoms with Gasteiger partial charge in [0.1, 0.15) is 0 Å². The molecule has 62 valence electrons. The Balaban J connectivity index is 4.33. The predicted octanol–water partition coefficient (Wildman–Crippen LogP) is 2.42. The van der Waals surface area contributed by atoms with Crippen LogP contribution in [0.4, 0.5) is 0 Å². The van der Waals surface area contributed by atoms with Gasteiger partial charge in [-0.05, 0) is 25.8 Å². The van der Waals surface area contributed by atoms with Crippen LogP contribution in [0.15, 0.2) is 0 Å². The third-order valence-corrected chi connectivity index (χ3v) is 2.91. The minimum atomic E-state index is 0.271. The summed E-state index contributed by atoms with van der Waals surface area (Å²) >= 11 is 0. The maximum Gasteiger partial charge on any atom is 0.0196 e. The lowest BCUT2D eigenvalue weighted by atomic mass is 9.73. The Morgan fingerprint density at radius 2 is 1.50 bits per heavy atom. The van der Waals surface area contributed by atoms with Crippen LogP contribution >= 0.6 is 0 Å². The van der Waals surface area contributed by atoms with E-state index in [9.17, 15) is 0 Å². The molecule has 0 amide bonds. The van der Waals surface area contributed by atoms with Gasteiger partial charge < -0.3 is 5.32 Å². The van der Waals surface area contributed by atoms with E-state index in [4.69, 9.17) is 0 Å². The van der Waals surface area contributed by atoms with Crippen molar-refractivity contribution in [2.75, 3.05) is 7.05 Å². The Bertz CT molecular complexity index is 95.8. The van der Waals surface area contributed by atoms with Crippen LogP contribution in [-0.4, -0.2) is 12.6 Å². The summed E-state index contributed by atoms with van der Waals surface area (Å²) in [6.45, 7) is 11.3. The Kier molecular flexibility index (Phi) is 2.90.